The summed E-state index contributed by atoms with van der Waals surface area (Å²) in [6.45, 7) is 4.12. The second-order valence-electron chi connectivity index (χ2n) is 4.13. The van der Waals surface area contributed by atoms with E-state index < -0.39 is 0 Å². The Bertz CT molecular complexity index is 174. The SMILES string of the molecule is COC1(CNC2CCOC2)CCOC1. The molecule has 0 aromatic heterocycles. The highest BCUT2D eigenvalue weighted by Crippen LogP contribution is 2.22. The van der Waals surface area contributed by atoms with Crippen molar-refractivity contribution in [2.24, 2.45) is 0 Å². The van der Waals surface area contributed by atoms with Crippen LogP contribution in [0.1, 0.15) is 12.8 Å². The standard InChI is InChI=1S/C10H19NO3/c1-12-10(3-5-14-8-10)7-11-9-2-4-13-6-9/h9,11H,2-8H2,1H3. The van der Waals surface area contributed by atoms with Gasteiger partial charge in [0.15, 0.2) is 0 Å². The highest BCUT2D eigenvalue weighted by Gasteiger charge is 2.35. The fourth-order valence-corrected chi connectivity index (χ4v) is 1.99. The van der Waals surface area contributed by atoms with E-state index >= 15 is 0 Å². The van der Waals surface area contributed by atoms with E-state index in [1.165, 1.54) is 0 Å². The van der Waals surface area contributed by atoms with Gasteiger partial charge in [-0.1, -0.05) is 0 Å². The van der Waals surface area contributed by atoms with Gasteiger partial charge in [-0.2, -0.15) is 0 Å². The van der Waals surface area contributed by atoms with Gasteiger partial charge in [-0.25, -0.2) is 0 Å². The summed E-state index contributed by atoms with van der Waals surface area (Å²) in [5.74, 6) is 0. The zero-order valence-electron chi connectivity index (χ0n) is 8.75. The van der Waals surface area contributed by atoms with E-state index in [-0.39, 0.29) is 5.60 Å². The Morgan fingerprint density at radius 3 is 2.93 bits per heavy atom. The molecule has 4 heteroatoms. The molecule has 0 aromatic rings. The minimum absolute atomic E-state index is 0.0947. The molecule has 2 unspecified atom stereocenters. The zero-order chi connectivity index (χ0) is 9.86. The highest BCUT2D eigenvalue weighted by atomic mass is 16.5. The Balaban J connectivity index is 1.76. The van der Waals surface area contributed by atoms with Crippen molar-refractivity contribution in [3.63, 3.8) is 0 Å². The largest absolute Gasteiger partial charge is 0.380 e. The number of hydrogen-bond acceptors (Lipinski definition) is 4. The molecule has 0 saturated carbocycles. The maximum Gasteiger partial charge on any atom is 0.106 e. The molecule has 0 aliphatic carbocycles. The van der Waals surface area contributed by atoms with Crippen LogP contribution in [-0.2, 0) is 14.2 Å². The van der Waals surface area contributed by atoms with Crippen molar-refractivity contribution < 1.29 is 14.2 Å². The molecule has 0 amide bonds. The van der Waals surface area contributed by atoms with Gasteiger partial charge >= 0.3 is 0 Å². The minimum atomic E-state index is -0.0947. The molecule has 2 aliphatic heterocycles. The van der Waals surface area contributed by atoms with Crippen LogP contribution >= 0.6 is 0 Å². The summed E-state index contributed by atoms with van der Waals surface area (Å²) < 4.78 is 16.2. The highest BCUT2D eigenvalue weighted by molar-refractivity contribution is 4.88. The molecular weight excluding hydrogens is 182 g/mol. The number of hydrogen-bond donors (Lipinski definition) is 1. The topological polar surface area (TPSA) is 39.7 Å². The van der Waals surface area contributed by atoms with Crippen molar-refractivity contribution in [2.75, 3.05) is 40.1 Å². The third-order valence-corrected chi connectivity index (χ3v) is 3.14. The van der Waals surface area contributed by atoms with Gasteiger partial charge in [-0.15, -0.1) is 0 Å². The molecule has 0 radical (unpaired) electrons. The van der Waals surface area contributed by atoms with Crippen LogP contribution in [0.4, 0.5) is 0 Å². The Morgan fingerprint density at radius 1 is 1.43 bits per heavy atom. The maximum absolute atomic E-state index is 5.53. The zero-order valence-corrected chi connectivity index (χ0v) is 8.75. The average Bonchev–Trinajstić information content (AvgIpc) is 2.87. The van der Waals surface area contributed by atoms with Gasteiger partial charge in [-0.05, 0) is 6.42 Å². The first-order chi connectivity index (χ1) is 6.85. The van der Waals surface area contributed by atoms with Crippen molar-refractivity contribution in [2.45, 2.75) is 24.5 Å². The molecule has 0 aromatic carbocycles. The molecule has 2 fully saturated rings. The Kier molecular flexibility index (Phi) is 3.38. The van der Waals surface area contributed by atoms with Crippen LogP contribution in [0.5, 0.6) is 0 Å². The Morgan fingerprint density at radius 2 is 2.36 bits per heavy atom. The van der Waals surface area contributed by atoms with Crippen molar-refractivity contribution in [3.05, 3.63) is 0 Å². The van der Waals surface area contributed by atoms with E-state index in [2.05, 4.69) is 5.32 Å². The van der Waals surface area contributed by atoms with Crippen molar-refractivity contribution >= 4 is 0 Å². The summed E-state index contributed by atoms with van der Waals surface area (Å²) in [7, 11) is 1.77. The second kappa shape index (κ2) is 4.57. The van der Waals surface area contributed by atoms with Crippen LogP contribution in [0.2, 0.25) is 0 Å². The smallest absolute Gasteiger partial charge is 0.106 e. The number of methoxy groups -OCH3 is 1. The molecule has 2 rings (SSSR count). The number of ether oxygens (including phenoxy) is 3. The average molecular weight is 201 g/mol. The molecule has 2 heterocycles. The van der Waals surface area contributed by atoms with Crippen LogP contribution < -0.4 is 5.32 Å². The molecule has 2 aliphatic rings. The summed E-state index contributed by atoms with van der Waals surface area (Å²) >= 11 is 0. The predicted octanol–water partition coefficient (Wildman–Crippen LogP) is 0.170. The molecule has 2 atom stereocenters. The van der Waals surface area contributed by atoms with E-state index in [1.54, 1.807) is 7.11 Å². The third-order valence-electron chi connectivity index (χ3n) is 3.14. The molecule has 1 N–H and O–H groups in total. The lowest BCUT2D eigenvalue weighted by Gasteiger charge is -2.27. The summed E-state index contributed by atoms with van der Waals surface area (Å²) in [5, 5.41) is 3.49. The van der Waals surface area contributed by atoms with Gasteiger partial charge in [-0.3, -0.25) is 0 Å². The summed E-state index contributed by atoms with van der Waals surface area (Å²) in [6.07, 6.45) is 2.10. The second-order valence-corrected chi connectivity index (χ2v) is 4.13. The molecule has 4 nitrogen and oxygen atoms in total. The van der Waals surface area contributed by atoms with Crippen LogP contribution in [0.3, 0.4) is 0 Å². The first-order valence-electron chi connectivity index (χ1n) is 5.29. The maximum atomic E-state index is 5.53. The fraction of sp³-hybridized carbons (Fsp3) is 1.00. The molecule has 0 spiro atoms. The van der Waals surface area contributed by atoms with Gasteiger partial charge in [0.2, 0.25) is 0 Å². The van der Waals surface area contributed by atoms with Crippen LogP contribution in [-0.4, -0.2) is 51.7 Å². The lowest BCUT2D eigenvalue weighted by molar-refractivity contribution is -0.0176. The Hall–Kier alpha value is -0.160. The van der Waals surface area contributed by atoms with E-state index in [9.17, 15) is 0 Å². The van der Waals surface area contributed by atoms with Crippen LogP contribution in [0.25, 0.3) is 0 Å². The van der Waals surface area contributed by atoms with E-state index in [4.69, 9.17) is 14.2 Å². The molecular formula is C10H19NO3. The quantitative estimate of drug-likeness (QED) is 0.704. The fourth-order valence-electron chi connectivity index (χ4n) is 1.99. The number of rotatable bonds is 4. The van der Waals surface area contributed by atoms with Crippen molar-refractivity contribution in [1.82, 2.24) is 5.32 Å². The van der Waals surface area contributed by atoms with Crippen molar-refractivity contribution in [3.8, 4) is 0 Å². The summed E-state index contributed by atoms with van der Waals surface area (Å²) in [4.78, 5) is 0. The molecule has 2 saturated heterocycles. The van der Waals surface area contributed by atoms with E-state index in [0.29, 0.717) is 12.6 Å². The molecule has 82 valence electrons. The summed E-state index contributed by atoms with van der Waals surface area (Å²) in [5.41, 5.74) is -0.0947. The van der Waals surface area contributed by atoms with Crippen molar-refractivity contribution in [1.29, 1.82) is 0 Å². The lowest BCUT2D eigenvalue weighted by Crippen LogP contribution is -2.46. The molecule has 0 bridgehead atoms. The first-order valence-corrected chi connectivity index (χ1v) is 5.29. The Labute approximate surface area is 84.9 Å². The predicted molar refractivity (Wildman–Crippen MR) is 52.4 cm³/mol. The first kappa shape index (κ1) is 10.4. The monoisotopic (exact) mass is 201 g/mol. The van der Waals surface area contributed by atoms with Gasteiger partial charge < -0.3 is 19.5 Å². The van der Waals surface area contributed by atoms with Gasteiger partial charge in [0, 0.05) is 39.3 Å². The third kappa shape index (κ3) is 2.25. The minimum Gasteiger partial charge on any atom is -0.380 e. The van der Waals surface area contributed by atoms with Gasteiger partial charge in [0.25, 0.3) is 0 Å². The lowest BCUT2D eigenvalue weighted by atomic mass is 10.0. The number of nitrogens with one attached hydrogen (secondary N) is 1. The summed E-state index contributed by atoms with van der Waals surface area (Å²) in [6, 6.07) is 0.502. The van der Waals surface area contributed by atoms with E-state index in [1.807, 2.05) is 0 Å². The van der Waals surface area contributed by atoms with E-state index in [0.717, 1.165) is 39.2 Å². The van der Waals surface area contributed by atoms with Crippen LogP contribution in [0, 0.1) is 0 Å². The normalized spacial score (nSPS) is 37.9. The van der Waals surface area contributed by atoms with Crippen LogP contribution in [0.15, 0.2) is 0 Å². The molecule has 14 heavy (non-hydrogen) atoms. The van der Waals surface area contributed by atoms with Gasteiger partial charge in [0.1, 0.15) is 5.60 Å². The van der Waals surface area contributed by atoms with Gasteiger partial charge in [0.05, 0.1) is 13.2 Å².